The van der Waals surface area contributed by atoms with Crippen LogP contribution in [0.25, 0.3) is 28.3 Å². The SMILES string of the molecule is COc1ccn2c(-c3ccnc(NC4CC4)n3)c(-c3cccc(NS(=O)(=O)c4c(Cl)ccc(C)c4Cl)c3F)nc2c1. The van der Waals surface area contributed by atoms with Crippen molar-refractivity contribution in [1.29, 1.82) is 0 Å². The van der Waals surface area contributed by atoms with Gasteiger partial charge in [-0.15, -0.1) is 0 Å². The maximum Gasteiger partial charge on any atom is 0.264 e. The maximum atomic E-state index is 16.2. The van der Waals surface area contributed by atoms with Gasteiger partial charge in [0.15, 0.2) is 5.82 Å². The van der Waals surface area contributed by atoms with Crippen LogP contribution < -0.4 is 14.8 Å². The summed E-state index contributed by atoms with van der Waals surface area (Å²) in [6, 6.07) is 12.9. The molecule has 0 amide bonds. The molecule has 9 nitrogen and oxygen atoms in total. The summed E-state index contributed by atoms with van der Waals surface area (Å²) in [5.41, 5.74) is 1.99. The molecule has 1 saturated carbocycles. The molecular formula is C28H23Cl2FN6O3S. The van der Waals surface area contributed by atoms with Gasteiger partial charge in [0.2, 0.25) is 5.95 Å². The van der Waals surface area contributed by atoms with E-state index in [1.54, 1.807) is 55.1 Å². The molecule has 0 saturated heterocycles. The van der Waals surface area contributed by atoms with Gasteiger partial charge in [0, 0.05) is 30.1 Å². The standard InChI is InChI=1S/C28H23Cl2FN6O3S/c1-15-6-9-19(29)27(23(15)30)41(38,39)36-20-5-3-4-18(24(20)31)25-26(37-13-11-17(40-2)14-22(37)35-25)21-10-12-32-28(34-21)33-16-7-8-16/h3-6,9-14,16,36H,7-8H2,1-2H3,(H,32,33,34). The van der Waals surface area contributed by atoms with Crippen LogP contribution in [0.1, 0.15) is 18.4 Å². The Labute approximate surface area is 245 Å². The van der Waals surface area contributed by atoms with Crippen molar-refractivity contribution in [3.05, 3.63) is 82.4 Å². The minimum Gasteiger partial charge on any atom is -0.497 e. The minimum atomic E-state index is -4.35. The van der Waals surface area contributed by atoms with Crippen LogP contribution >= 0.6 is 23.2 Å². The summed E-state index contributed by atoms with van der Waals surface area (Å²) in [6.07, 6.45) is 5.46. The second-order valence-electron chi connectivity index (χ2n) is 9.57. The largest absolute Gasteiger partial charge is 0.497 e. The lowest BCUT2D eigenvalue weighted by Gasteiger charge is -2.14. The Hall–Kier alpha value is -3.93. The summed E-state index contributed by atoms with van der Waals surface area (Å²) in [5.74, 6) is 0.180. The first kappa shape index (κ1) is 27.3. The maximum absolute atomic E-state index is 16.2. The Kier molecular flexibility index (Phi) is 6.96. The molecule has 1 fully saturated rings. The summed E-state index contributed by atoms with van der Waals surface area (Å²) in [4.78, 5) is 13.4. The van der Waals surface area contributed by atoms with Crippen LogP contribution in [0, 0.1) is 12.7 Å². The highest BCUT2D eigenvalue weighted by Gasteiger charge is 2.27. The third-order valence-corrected chi connectivity index (χ3v) is 9.13. The monoisotopic (exact) mass is 612 g/mol. The predicted molar refractivity (Wildman–Crippen MR) is 157 cm³/mol. The fourth-order valence-corrected chi connectivity index (χ4v) is 6.67. The molecule has 5 aromatic rings. The van der Waals surface area contributed by atoms with Crippen LogP contribution in [0.3, 0.4) is 0 Å². The van der Waals surface area contributed by atoms with Crippen molar-refractivity contribution >= 4 is 50.5 Å². The van der Waals surface area contributed by atoms with E-state index < -0.39 is 15.8 Å². The van der Waals surface area contributed by atoms with E-state index in [9.17, 15) is 8.42 Å². The number of sulfonamides is 1. The fourth-order valence-electron chi connectivity index (χ4n) is 4.42. The number of nitrogens with one attached hydrogen (secondary N) is 2. The van der Waals surface area contributed by atoms with E-state index in [1.165, 1.54) is 24.3 Å². The lowest BCUT2D eigenvalue weighted by molar-refractivity contribution is 0.414. The number of benzene rings is 2. The Morgan fingerprint density at radius 1 is 1.10 bits per heavy atom. The average molecular weight is 614 g/mol. The number of ether oxygens (including phenoxy) is 1. The van der Waals surface area contributed by atoms with E-state index in [1.807, 2.05) is 0 Å². The van der Waals surface area contributed by atoms with Crippen LogP contribution in [0.4, 0.5) is 16.0 Å². The molecule has 0 bridgehead atoms. The van der Waals surface area contributed by atoms with Crippen molar-refractivity contribution in [2.45, 2.75) is 30.7 Å². The van der Waals surface area contributed by atoms with Gasteiger partial charge in [-0.05, 0) is 55.7 Å². The molecule has 0 spiro atoms. The molecular weight excluding hydrogens is 590 g/mol. The van der Waals surface area contributed by atoms with Crippen LogP contribution in [-0.2, 0) is 10.0 Å². The zero-order chi connectivity index (χ0) is 28.9. The van der Waals surface area contributed by atoms with E-state index in [-0.39, 0.29) is 31.9 Å². The number of rotatable bonds is 8. The first-order valence-corrected chi connectivity index (χ1v) is 14.8. The topological polar surface area (TPSA) is 111 Å². The molecule has 2 N–H and O–H groups in total. The summed E-state index contributed by atoms with van der Waals surface area (Å²) in [5, 5.41) is 3.15. The third kappa shape index (κ3) is 5.16. The lowest BCUT2D eigenvalue weighted by atomic mass is 10.1. The van der Waals surface area contributed by atoms with E-state index in [0.29, 0.717) is 40.3 Å². The van der Waals surface area contributed by atoms with Crippen LogP contribution in [0.2, 0.25) is 10.0 Å². The highest BCUT2D eigenvalue weighted by Crippen LogP contribution is 2.38. The van der Waals surface area contributed by atoms with E-state index in [2.05, 4.69) is 20.0 Å². The first-order chi connectivity index (χ1) is 19.7. The molecule has 0 unspecified atom stereocenters. The molecule has 1 aliphatic rings. The normalized spacial score (nSPS) is 13.4. The molecule has 1 aliphatic carbocycles. The van der Waals surface area contributed by atoms with Crippen molar-refractivity contribution in [3.63, 3.8) is 0 Å². The van der Waals surface area contributed by atoms with Crippen molar-refractivity contribution in [3.8, 4) is 28.4 Å². The molecule has 3 aromatic heterocycles. The number of halogens is 3. The molecule has 2 aromatic carbocycles. The van der Waals surface area contributed by atoms with Gasteiger partial charge in [-0.25, -0.2) is 27.8 Å². The fraction of sp³-hybridized carbons (Fsp3) is 0.179. The Morgan fingerprint density at radius 3 is 2.66 bits per heavy atom. The first-order valence-electron chi connectivity index (χ1n) is 12.6. The van der Waals surface area contributed by atoms with Crippen LogP contribution in [0.5, 0.6) is 5.75 Å². The second kappa shape index (κ2) is 10.5. The quantitative estimate of drug-likeness (QED) is 0.203. The molecule has 0 atom stereocenters. The number of anilines is 2. The molecule has 41 heavy (non-hydrogen) atoms. The number of hydrogen-bond donors (Lipinski definition) is 2. The number of aromatic nitrogens is 4. The van der Waals surface area contributed by atoms with Gasteiger partial charge in [-0.1, -0.05) is 35.3 Å². The van der Waals surface area contributed by atoms with Gasteiger partial charge in [0.25, 0.3) is 10.0 Å². The molecule has 6 rings (SSSR count). The van der Waals surface area contributed by atoms with Crippen LogP contribution in [0.15, 0.2) is 65.8 Å². The number of aryl methyl sites for hydroxylation is 1. The second-order valence-corrected chi connectivity index (χ2v) is 12.0. The number of pyridine rings is 1. The molecule has 13 heteroatoms. The van der Waals surface area contributed by atoms with Gasteiger partial charge in [-0.2, -0.15) is 0 Å². The van der Waals surface area contributed by atoms with Crippen molar-refractivity contribution in [1.82, 2.24) is 19.4 Å². The smallest absolute Gasteiger partial charge is 0.264 e. The Bertz CT molecular complexity index is 1930. The average Bonchev–Trinajstić information content (AvgIpc) is 3.68. The summed E-state index contributed by atoms with van der Waals surface area (Å²) in [6.45, 7) is 1.65. The molecule has 0 radical (unpaired) electrons. The number of methoxy groups -OCH3 is 1. The van der Waals surface area contributed by atoms with E-state index >= 15 is 4.39 Å². The molecule has 210 valence electrons. The number of imidazole rings is 1. The zero-order valence-electron chi connectivity index (χ0n) is 21.8. The number of nitrogens with zero attached hydrogens (tertiary/aromatic N) is 4. The summed E-state index contributed by atoms with van der Waals surface area (Å²) < 4.78 is 52.3. The lowest BCUT2D eigenvalue weighted by Crippen LogP contribution is -2.15. The minimum absolute atomic E-state index is 0.0440. The summed E-state index contributed by atoms with van der Waals surface area (Å²) >= 11 is 12.5. The van der Waals surface area contributed by atoms with Crippen molar-refractivity contribution in [2.75, 3.05) is 17.1 Å². The van der Waals surface area contributed by atoms with E-state index in [4.69, 9.17) is 32.9 Å². The zero-order valence-corrected chi connectivity index (χ0v) is 24.1. The number of fused-ring (bicyclic) bond motifs is 1. The predicted octanol–water partition coefficient (Wildman–Crippen LogP) is 6.60. The summed E-state index contributed by atoms with van der Waals surface area (Å²) in [7, 11) is -2.81. The van der Waals surface area contributed by atoms with Crippen molar-refractivity contribution in [2.24, 2.45) is 0 Å². The Balaban J connectivity index is 1.49. The van der Waals surface area contributed by atoms with Gasteiger partial charge < -0.3 is 10.1 Å². The molecule has 0 aliphatic heterocycles. The van der Waals surface area contributed by atoms with Crippen molar-refractivity contribution < 1.29 is 17.5 Å². The van der Waals surface area contributed by atoms with Crippen LogP contribution in [-0.4, -0.2) is 40.9 Å². The highest BCUT2D eigenvalue weighted by molar-refractivity contribution is 7.93. The van der Waals surface area contributed by atoms with E-state index in [0.717, 1.165) is 12.8 Å². The van der Waals surface area contributed by atoms with Gasteiger partial charge in [0.1, 0.15) is 22.0 Å². The Morgan fingerprint density at radius 2 is 1.90 bits per heavy atom. The third-order valence-electron chi connectivity index (χ3n) is 6.65. The molecule has 3 heterocycles. The highest BCUT2D eigenvalue weighted by atomic mass is 35.5. The van der Waals surface area contributed by atoms with Gasteiger partial charge in [0.05, 0.1) is 34.2 Å². The van der Waals surface area contributed by atoms with Gasteiger partial charge >= 0.3 is 0 Å². The van der Waals surface area contributed by atoms with Gasteiger partial charge in [-0.3, -0.25) is 9.12 Å². The number of hydrogen-bond acceptors (Lipinski definition) is 7.